The summed E-state index contributed by atoms with van der Waals surface area (Å²) in [5.74, 6) is 1.74. The lowest BCUT2D eigenvalue weighted by atomic mass is 10.3. The van der Waals surface area contributed by atoms with E-state index in [1.807, 2.05) is 12.3 Å². The van der Waals surface area contributed by atoms with E-state index in [9.17, 15) is 0 Å². The Bertz CT molecular complexity index is 430. The molecular weight excluding hydrogens is 258 g/mol. The predicted octanol–water partition coefficient (Wildman–Crippen LogP) is 2.76. The second kappa shape index (κ2) is 8.59. The molecule has 1 aromatic heterocycles. The summed E-state index contributed by atoms with van der Waals surface area (Å²) < 4.78 is 0. The standard InChI is InChI=1S/C13H21N5S/c1-4-8-15-11-10-12(17-13(16-11)19-3)18(5-2)9-6-7-14/h10H,4-6,8-9H2,1-3H3,(H,15,16,17). The Hall–Kier alpha value is -1.48. The number of nitrogens with zero attached hydrogens (tertiary/aromatic N) is 4. The first-order chi connectivity index (χ1) is 9.24. The number of anilines is 2. The van der Waals surface area contributed by atoms with Gasteiger partial charge in [0, 0.05) is 25.7 Å². The van der Waals surface area contributed by atoms with Crippen molar-refractivity contribution in [3.8, 4) is 6.07 Å². The van der Waals surface area contributed by atoms with Crippen LogP contribution in [0.1, 0.15) is 26.7 Å². The SMILES string of the molecule is CCCNc1cc(N(CC)CCC#N)nc(SC)n1. The van der Waals surface area contributed by atoms with E-state index in [2.05, 4.69) is 40.1 Å². The van der Waals surface area contributed by atoms with E-state index in [0.717, 1.165) is 36.3 Å². The smallest absolute Gasteiger partial charge is 0.191 e. The van der Waals surface area contributed by atoms with E-state index in [1.165, 1.54) is 11.8 Å². The molecule has 1 heterocycles. The maximum absolute atomic E-state index is 8.70. The van der Waals surface area contributed by atoms with Crippen LogP contribution in [0.25, 0.3) is 0 Å². The van der Waals surface area contributed by atoms with Gasteiger partial charge in [0.15, 0.2) is 5.16 Å². The lowest BCUT2D eigenvalue weighted by Gasteiger charge is -2.21. The first-order valence-electron chi connectivity index (χ1n) is 6.54. The second-order valence-electron chi connectivity index (χ2n) is 4.01. The van der Waals surface area contributed by atoms with Crippen LogP contribution >= 0.6 is 11.8 Å². The summed E-state index contributed by atoms with van der Waals surface area (Å²) in [6, 6.07) is 4.13. The molecule has 0 unspecified atom stereocenters. The van der Waals surface area contributed by atoms with E-state index >= 15 is 0 Å². The number of hydrogen-bond acceptors (Lipinski definition) is 6. The highest BCUT2D eigenvalue weighted by Gasteiger charge is 2.09. The van der Waals surface area contributed by atoms with Crippen LogP contribution in [0.4, 0.5) is 11.6 Å². The lowest BCUT2D eigenvalue weighted by molar-refractivity contribution is 0.791. The minimum Gasteiger partial charge on any atom is -0.370 e. The van der Waals surface area contributed by atoms with Crippen molar-refractivity contribution >= 4 is 23.4 Å². The molecule has 0 aromatic carbocycles. The first-order valence-corrected chi connectivity index (χ1v) is 7.76. The minimum absolute atomic E-state index is 0.504. The fraction of sp³-hybridized carbons (Fsp3) is 0.615. The third-order valence-corrected chi connectivity index (χ3v) is 3.18. The zero-order valence-corrected chi connectivity index (χ0v) is 12.6. The summed E-state index contributed by atoms with van der Waals surface area (Å²) >= 11 is 1.53. The van der Waals surface area contributed by atoms with Gasteiger partial charge < -0.3 is 10.2 Å². The molecule has 0 radical (unpaired) electrons. The van der Waals surface area contributed by atoms with Crippen molar-refractivity contribution < 1.29 is 0 Å². The van der Waals surface area contributed by atoms with Crippen molar-refractivity contribution in [2.24, 2.45) is 0 Å². The summed E-state index contributed by atoms with van der Waals surface area (Å²) in [5, 5.41) is 12.7. The molecular formula is C13H21N5S. The molecule has 0 saturated heterocycles. The largest absolute Gasteiger partial charge is 0.370 e. The van der Waals surface area contributed by atoms with Crippen molar-refractivity contribution in [3.63, 3.8) is 0 Å². The molecule has 0 saturated carbocycles. The molecule has 0 aliphatic rings. The Morgan fingerprint density at radius 1 is 1.42 bits per heavy atom. The van der Waals surface area contributed by atoms with Crippen molar-refractivity contribution in [1.82, 2.24) is 9.97 Å². The van der Waals surface area contributed by atoms with Crippen LogP contribution in [-0.4, -0.2) is 35.9 Å². The van der Waals surface area contributed by atoms with E-state index in [0.29, 0.717) is 13.0 Å². The molecule has 1 aromatic rings. The first kappa shape index (κ1) is 15.6. The number of thioether (sulfide) groups is 1. The van der Waals surface area contributed by atoms with Crippen LogP contribution in [0.5, 0.6) is 0 Å². The highest BCUT2D eigenvalue weighted by Crippen LogP contribution is 2.20. The van der Waals surface area contributed by atoms with Gasteiger partial charge in [-0.25, -0.2) is 9.97 Å². The van der Waals surface area contributed by atoms with Gasteiger partial charge in [0.2, 0.25) is 0 Å². The van der Waals surface area contributed by atoms with Gasteiger partial charge in [0.1, 0.15) is 11.6 Å². The molecule has 0 spiro atoms. The van der Waals surface area contributed by atoms with Crippen LogP contribution in [0.3, 0.4) is 0 Å². The zero-order chi connectivity index (χ0) is 14.1. The van der Waals surface area contributed by atoms with E-state index in [4.69, 9.17) is 5.26 Å². The van der Waals surface area contributed by atoms with E-state index in [1.54, 1.807) is 0 Å². The average Bonchev–Trinajstić information content (AvgIpc) is 2.45. The Labute approximate surface area is 119 Å². The molecule has 0 atom stereocenters. The van der Waals surface area contributed by atoms with Crippen molar-refractivity contribution in [1.29, 1.82) is 5.26 Å². The maximum Gasteiger partial charge on any atom is 0.191 e. The molecule has 1 N–H and O–H groups in total. The molecule has 19 heavy (non-hydrogen) atoms. The van der Waals surface area contributed by atoms with Gasteiger partial charge in [0.05, 0.1) is 12.5 Å². The molecule has 0 aliphatic carbocycles. The van der Waals surface area contributed by atoms with Crippen molar-refractivity contribution in [2.45, 2.75) is 31.8 Å². The summed E-state index contributed by atoms with van der Waals surface area (Å²) in [7, 11) is 0. The highest BCUT2D eigenvalue weighted by molar-refractivity contribution is 7.98. The van der Waals surface area contributed by atoms with Crippen LogP contribution < -0.4 is 10.2 Å². The third-order valence-electron chi connectivity index (χ3n) is 2.63. The summed E-state index contributed by atoms with van der Waals surface area (Å²) in [6.07, 6.45) is 3.53. The number of hydrogen-bond donors (Lipinski definition) is 1. The summed E-state index contributed by atoms with van der Waals surface area (Å²) in [4.78, 5) is 11.0. The second-order valence-corrected chi connectivity index (χ2v) is 4.79. The van der Waals surface area contributed by atoms with Gasteiger partial charge in [0.25, 0.3) is 0 Å². The third kappa shape index (κ3) is 4.95. The monoisotopic (exact) mass is 279 g/mol. The highest BCUT2D eigenvalue weighted by atomic mass is 32.2. The number of nitriles is 1. The molecule has 6 heteroatoms. The van der Waals surface area contributed by atoms with Crippen LogP contribution in [-0.2, 0) is 0 Å². The molecule has 104 valence electrons. The molecule has 0 bridgehead atoms. The Morgan fingerprint density at radius 3 is 2.79 bits per heavy atom. The number of rotatable bonds is 8. The lowest BCUT2D eigenvalue weighted by Crippen LogP contribution is -2.25. The van der Waals surface area contributed by atoms with Gasteiger partial charge in [-0.15, -0.1) is 0 Å². The maximum atomic E-state index is 8.70. The Balaban J connectivity index is 2.93. The van der Waals surface area contributed by atoms with E-state index in [-0.39, 0.29) is 0 Å². The normalized spacial score (nSPS) is 10.0. The average molecular weight is 279 g/mol. The Morgan fingerprint density at radius 2 is 2.21 bits per heavy atom. The predicted molar refractivity (Wildman–Crippen MR) is 80.7 cm³/mol. The molecule has 1 rings (SSSR count). The molecule has 0 amide bonds. The van der Waals surface area contributed by atoms with Crippen LogP contribution in [0, 0.1) is 11.3 Å². The molecule has 0 aliphatic heterocycles. The van der Waals surface area contributed by atoms with E-state index < -0.39 is 0 Å². The fourth-order valence-electron chi connectivity index (χ4n) is 1.63. The number of nitrogens with one attached hydrogen (secondary N) is 1. The zero-order valence-electron chi connectivity index (χ0n) is 11.8. The van der Waals surface area contributed by atoms with Crippen LogP contribution in [0.2, 0.25) is 0 Å². The molecule has 5 nitrogen and oxygen atoms in total. The van der Waals surface area contributed by atoms with Gasteiger partial charge >= 0.3 is 0 Å². The van der Waals surface area contributed by atoms with Crippen LogP contribution in [0.15, 0.2) is 11.2 Å². The minimum atomic E-state index is 0.504. The summed E-state index contributed by atoms with van der Waals surface area (Å²) in [6.45, 7) is 6.62. The van der Waals surface area contributed by atoms with Gasteiger partial charge in [-0.1, -0.05) is 18.7 Å². The van der Waals surface area contributed by atoms with Crippen molar-refractivity contribution in [2.75, 3.05) is 36.1 Å². The fourth-order valence-corrected chi connectivity index (χ4v) is 2.00. The Kier molecular flexibility index (Phi) is 7.04. The molecule has 0 fully saturated rings. The van der Waals surface area contributed by atoms with Gasteiger partial charge in [-0.2, -0.15) is 5.26 Å². The topological polar surface area (TPSA) is 64.8 Å². The van der Waals surface area contributed by atoms with Gasteiger partial charge in [-0.05, 0) is 19.6 Å². The number of aromatic nitrogens is 2. The quantitative estimate of drug-likeness (QED) is 0.583. The van der Waals surface area contributed by atoms with Gasteiger partial charge in [-0.3, -0.25) is 0 Å². The summed E-state index contributed by atoms with van der Waals surface area (Å²) in [5.41, 5.74) is 0. The van der Waals surface area contributed by atoms with Crippen molar-refractivity contribution in [3.05, 3.63) is 6.07 Å².